The van der Waals surface area contributed by atoms with Crippen molar-refractivity contribution in [2.45, 2.75) is 6.92 Å². The van der Waals surface area contributed by atoms with E-state index in [9.17, 15) is 0 Å². The smallest absolute Gasteiger partial charge is 0.128 e. The molecule has 0 spiro atoms. The molecule has 17 heavy (non-hydrogen) atoms. The number of hydrogen-bond donors (Lipinski definition) is 0. The summed E-state index contributed by atoms with van der Waals surface area (Å²) in [7, 11) is 1.67. The molecule has 2 rings (SSSR count). The van der Waals surface area contributed by atoms with Crippen LogP contribution in [0.3, 0.4) is 0 Å². The zero-order chi connectivity index (χ0) is 12.3. The molecule has 1 heterocycles. The van der Waals surface area contributed by atoms with Gasteiger partial charge >= 0.3 is 0 Å². The average molecular weight is 225 g/mol. The molecular formula is C15H15NO. The van der Waals surface area contributed by atoms with Crippen molar-refractivity contribution in [2.24, 2.45) is 0 Å². The van der Waals surface area contributed by atoms with Crippen LogP contribution in [0.15, 0.2) is 43.1 Å². The van der Waals surface area contributed by atoms with Gasteiger partial charge in [0.25, 0.3) is 0 Å². The van der Waals surface area contributed by atoms with Gasteiger partial charge in [0.15, 0.2) is 0 Å². The van der Waals surface area contributed by atoms with Gasteiger partial charge in [-0.25, -0.2) is 0 Å². The molecule has 0 saturated carbocycles. The summed E-state index contributed by atoms with van der Waals surface area (Å²) in [5, 5.41) is 0. The third-order valence-electron chi connectivity index (χ3n) is 2.65. The first-order valence-corrected chi connectivity index (χ1v) is 5.48. The van der Waals surface area contributed by atoms with E-state index >= 15 is 0 Å². The summed E-state index contributed by atoms with van der Waals surface area (Å²) in [5.41, 5.74) is 4.11. The first-order valence-electron chi connectivity index (χ1n) is 5.48. The minimum Gasteiger partial charge on any atom is -0.496 e. The summed E-state index contributed by atoms with van der Waals surface area (Å²) in [6, 6.07) is 9.99. The van der Waals surface area contributed by atoms with Gasteiger partial charge in [0.1, 0.15) is 5.75 Å². The van der Waals surface area contributed by atoms with Crippen LogP contribution in [-0.4, -0.2) is 12.1 Å². The molecular weight excluding hydrogens is 210 g/mol. The van der Waals surface area contributed by atoms with Crippen LogP contribution in [0, 0.1) is 6.92 Å². The van der Waals surface area contributed by atoms with E-state index in [0.29, 0.717) is 0 Å². The van der Waals surface area contributed by atoms with Crippen molar-refractivity contribution in [1.82, 2.24) is 4.98 Å². The Kier molecular flexibility index (Phi) is 3.24. The topological polar surface area (TPSA) is 22.1 Å². The quantitative estimate of drug-likeness (QED) is 0.794. The molecule has 0 unspecified atom stereocenters. The zero-order valence-electron chi connectivity index (χ0n) is 10.1. The number of aromatic nitrogens is 1. The molecule has 0 N–H and O–H groups in total. The van der Waals surface area contributed by atoms with Gasteiger partial charge in [-0.1, -0.05) is 24.8 Å². The lowest BCUT2D eigenvalue weighted by Gasteiger charge is -2.09. The lowest BCUT2D eigenvalue weighted by molar-refractivity contribution is 0.416. The highest BCUT2D eigenvalue weighted by Crippen LogP contribution is 2.29. The minimum atomic E-state index is 0.826. The lowest BCUT2D eigenvalue weighted by Crippen LogP contribution is -1.91. The van der Waals surface area contributed by atoms with Crippen molar-refractivity contribution >= 4 is 6.08 Å². The van der Waals surface area contributed by atoms with Crippen molar-refractivity contribution < 1.29 is 4.74 Å². The second-order valence-electron chi connectivity index (χ2n) is 3.88. The summed E-state index contributed by atoms with van der Waals surface area (Å²) >= 11 is 0. The Hall–Kier alpha value is -2.09. The molecule has 0 amide bonds. The number of rotatable bonds is 3. The summed E-state index contributed by atoms with van der Waals surface area (Å²) in [5.74, 6) is 0.826. The molecule has 0 atom stereocenters. The molecule has 2 nitrogen and oxygen atoms in total. The van der Waals surface area contributed by atoms with Gasteiger partial charge in [0, 0.05) is 11.8 Å². The van der Waals surface area contributed by atoms with Crippen molar-refractivity contribution in [3.8, 4) is 17.0 Å². The Morgan fingerprint density at radius 2 is 2.06 bits per heavy atom. The maximum Gasteiger partial charge on any atom is 0.128 e. The van der Waals surface area contributed by atoms with E-state index in [0.717, 1.165) is 28.1 Å². The Labute approximate surface area is 102 Å². The molecule has 2 heteroatoms. The first-order chi connectivity index (χ1) is 8.24. The molecule has 0 aliphatic carbocycles. The number of nitrogens with zero attached hydrogens (tertiary/aromatic N) is 1. The van der Waals surface area contributed by atoms with E-state index in [2.05, 4.69) is 11.6 Å². The molecule has 86 valence electrons. The molecule has 1 aromatic carbocycles. The molecule has 2 aromatic rings. The molecule has 0 bridgehead atoms. The number of methoxy groups -OCH3 is 1. The van der Waals surface area contributed by atoms with Crippen LogP contribution >= 0.6 is 0 Å². The van der Waals surface area contributed by atoms with Crippen molar-refractivity contribution in [2.75, 3.05) is 7.11 Å². The number of pyridine rings is 1. The Morgan fingerprint density at radius 1 is 1.24 bits per heavy atom. The third-order valence-corrected chi connectivity index (χ3v) is 2.65. The van der Waals surface area contributed by atoms with Crippen LogP contribution in [0.1, 0.15) is 11.1 Å². The van der Waals surface area contributed by atoms with Crippen LogP contribution in [0.5, 0.6) is 5.75 Å². The Morgan fingerprint density at radius 3 is 2.65 bits per heavy atom. The minimum absolute atomic E-state index is 0.826. The summed E-state index contributed by atoms with van der Waals surface area (Å²) in [6.07, 6.45) is 3.67. The van der Waals surface area contributed by atoms with Gasteiger partial charge in [-0.05, 0) is 36.2 Å². The Bertz CT molecular complexity index is 529. The monoisotopic (exact) mass is 225 g/mol. The van der Waals surface area contributed by atoms with Gasteiger partial charge in [0.2, 0.25) is 0 Å². The van der Waals surface area contributed by atoms with E-state index in [1.54, 1.807) is 7.11 Å². The lowest BCUT2D eigenvalue weighted by atomic mass is 10.1. The van der Waals surface area contributed by atoms with Crippen LogP contribution in [0.4, 0.5) is 0 Å². The highest BCUT2D eigenvalue weighted by molar-refractivity contribution is 5.70. The zero-order valence-corrected chi connectivity index (χ0v) is 10.1. The number of hydrogen-bond acceptors (Lipinski definition) is 2. The predicted molar refractivity (Wildman–Crippen MR) is 71.1 cm³/mol. The Balaban J connectivity index is 2.55. The largest absolute Gasteiger partial charge is 0.496 e. The maximum absolute atomic E-state index is 5.36. The highest BCUT2D eigenvalue weighted by Gasteiger charge is 2.07. The van der Waals surface area contributed by atoms with Crippen molar-refractivity contribution in [1.29, 1.82) is 0 Å². The van der Waals surface area contributed by atoms with E-state index in [-0.39, 0.29) is 0 Å². The van der Waals surface area contributed by atoms with Gasteiger partial charge in [0.05, 0.1) is 12.8 Å². The standard InChI is InChI=1S/C15H15NO/c1-4-12-6-8-15(17-3)13(9-12)14-7-5-11(2)10-16-14/h4-10H,1H2,2-3H3. The van der Waals surface area contributed by atoms with Gasteiger partial charge < -0.3 is 4.74 Å². The van der Waals surface area contributed by atoms with Gasteiger partial charge in [-0.15, -0.1) is 0 Å². The second kappa shape index (κ2) is 4.83. The van der Waals surface area contributed by atoms with Crippen LogP contribution in [0.25, 0.3) is 17.3 Å². The van der Waals surface area contributed by atoms with Crippen molar-refractivity contribution in [3.63, 3.8) is 0 Å². The molecule has 0 saturated heterocycles. The van der Waals surface area contributed by atoms with Gasteiger partial charge in [-0.2, -0.15) is 0 Å². The number of benzene rings is 1. The van der Waals surface area contributed by atoms with E-state index in [1.165, 1.54) is 0 Å². The van der Waals surface area contributed by atoms with E-state index in [1.807, 2.05) is 49.5 Å². The molecule has 0 aliphatic heterocycles. The highest BCUT2D eigenvalue weighted by atomic mass is 16.5. The van der Waals surface area contributed by atoms with Gasteiger partial charge in [-0.3, -0.25) is 4.98 Å². The maximum atomic E-state index is 5.36. The molecule has 0 radical (unpaired) electrons. The fourth-order valence-corrected chi connectivity index (χ4v) is 1.68. The second-order valence-corrected chi connectivity index (χ2v) is 3.88. The van der Waals surface area contributed by atoms with Crippen molar-refractivity contribution in [3.05, 3.63) is 54.2 Å². The molecule has 1 aromatic heterocycles. The SMILES string of the molecule is C=Cc1ccc(OC)c(-c2ccc(C)cn2)c1. The molecule has 0 aliphatic rings. The van der Waals surface area contributed by atoms with E-state index < -0.39 is 0 Å². The van der Waals surface area contributed by atoms with E-state index in [4.69, 9.17) is 4.74 Å². The first kappa shape index (κ1) is 11.4. The summed E-state index contributed by atoms with van der Waals surface area (Å²) < 4.78 is 5.36. The number of aryl methyl sites for hydroxylation is 1. The fourth-order valence-electron chi connectivity index (χ4n) is 1.68. The average Bonchev–Trinajstić information content (AvgIpc) is 2.39. The third kappa shape index (κ3) is 2.36. The predicted octanol–water partition coefficient (Wildman–Crippen LogP) is 3.71. The van der Waals surface area contributed by atoms with Crippen LogP contribution in [-0.2, 0) is 0 Å². The molecule has 0 fully saturated rings. The summed E-state index contributed by atoms with van der Waals surface area (Å²) in [6.45, 7) is 5.80. The van der Waals surface area contributed by atoms with Crippen LogP contribution < -0.4 is 4.74 Å². The van der Waals surface area contributed by atoms with Crippen LogP contribution in [0.2, 0.25) is 0 Å². The fraction of sp³-hybridized carbons (Fsp3) is 0.133. The normalized spacial score (nSPS) is 10.0. The number of ether oxygens (including phenoxy) is 1. The summed E-state index contributed by atoms with van der Waals surface area (Å²) in [4.78, 5) is 4.42.